The van der Waals surface area contributed by atoms with Crippen molar-refractivity contribution in [2.45, 2.75) is 191 Å². The summed E-state index contributed by atoms with van der Waals surface area (Å²) in [6, 6.07) is -9.01. The number of amides is 1. The smallest absolute Gasteiger partial charge is 0.217 e. The van der Waals surface area contributed by atoms with Gasteiger partial charge in [0.05, 0.1) is 69.9 Å². The molecule has 0 bridgehead atoms. The molecule has 0 aromatic heterocycles. The second-order valence-corrected chi connectivity index (χ2v) is 17.9. The quantitative estimate of drug-likeness (QED) is 0.0643. The summed E-state index contributed by atoms with van der Waals surface area (Å²) in [6.45, 7) is -3.86. The minimum atomic E-state index is -1.81. The molecule has 6 heterocycles. The number of hydrogen-bond acceptors (Lipinski definition) is 31. The first-order chi connectivity index (χ1) is 33.2. The summed E-state index contributed by atoms with van der Waals surface area (Å²) in [7, 11) is 0. The molecule has 0 aliphatic carbocycles. The predicted octanol–water partition coefficient (Wildman–Crippen LogP) is -14.1. The van der Waals surface area contributed by atoms with Crippen LogP contribution in [0.2, 0.25) is 0 Å². The molecule has 0 radical (unpaired) electrons. The molecule has 6 saturated heterocycles. The van der Waals surface area contributed by atoms with Gasteiger partial charge in [-0.2, -0.15) is 0 Å². The maximum absolute atomic E-state index is 11.7. The van der Waals surface area contributed by atoms with Crippen LogP contribution in [0, 0.1) is 0 Å². The zero-order chi connectivity index (χ0) is 51.6. The van der Waals surface area contributed by atoms with Crippen molar-refractivity contribution in [2.24, 2.45) is 28.7 Å². The normalized spacial score (nSPS) is 51.5. The summed E-state index contributed by atoms with van der Waals surface area (Å²) >= 11 is 0. The Labute approximate surface area is 398 Å². The first-order valence-electron chi connectivity index (χ1n) is 22.5. The number of hydrogen-bond donors (Lipinski definition) is 20. The van der Waals surface area contributed by atoms with Crippen LogP contribution in [0.15, 0.2) is 0 Å². The summed E-state index contributed by atoms with van der Waals surface area (Å²) in [4.78, 5) is 11.7. The van der Waals surface area contributed by atoms with Crippen molar-refractivity contribution in [3.63, 3.8) is 0 Å². The van der Waals surface area contributed by atoms with E-state index in [1.165, 1.54) is 0 Å². The first kappa shape index (κ1) is 57.5. The largest absolute Gasteiger partial charge is 0.394 e. The average molecular weight is 1030 g/mol. The molecule has 0 aromatic rings. The van der Waals surface area contributed by atoms with Crippen LogP contribution in [0.5, 0.6) is 0 Å². The van der Waals surface area contributed by atoms with Crippen molar-refractivity contribution in [3.8, 4) is 0 Å². The number of ether oxygens (including phenoxy) is 11. The van der Waals surface area contributed by atoms with Crippen molar-refractivity contribution in [2.75, 3.05) is 39.6 Å². The fourth-order valence-electron chi connectivity index (χ4n) is 9.15. The molecular formula is C38H70N6O26. The molecule has 70 heavy (non-hydrogen) atoms. The van der Waals surface area contributed by atoms with E-state index in [2.05, 4.69) is 5.32 Å². The standard InChI is InChI=1S/C38H70N6O26/c1-8(51)44-20-27(58)32(10(3-46)60-33(20)59)70-38-19(43)26(57)31(14(7-50)65-38)69-37-18(42)25(56)30(13(6-49)64-37)68-36-17(41)24(55)29(12(5-48)63-36)67-35-16(40)23(54)28(11(4-47)62-35)66-34-15(39)22(53)21(52)9(2-45)61-34/h9-38,45-50,52-59H,2-7,39-43H2,1H3,(H,44,51)/t9-,10+,11-,12-,13+,14+,15-,16-,17-,18+,19+,20+,21?,22+,23+,24+,25-,26-,27-,28?,29?,30?,31?,32?,33?,34?,35?,36?,37?,38?/m1/s1. The van der Waals surface area contributed by atoms with Crippen LogP contribution in [0.3, 0.4) is 0 Å². The van der Waals surface area contributed by atoms with E-state index in [0.717, 1.165) is 6.92 Å². The Morgan fingerprint density at radius 1 is 0.386 bits per heavy atom. The van der Waals surface area contributed by atoms with Crippen molar-refractivity contribution >= 4 is 5.91 Å². The van der Waals surface area contributed by atoms with Crippen LogP contribution in [-0.4, -0.2) is 301 Å². The van der Waals surface area contributed by atoms with Crippen LogP contribution >= 0.6 is 0 Å². The fraction of sp³-hybridized carbons (Fsp3) is 0.974. The van der Waals surface area contributed by atoms with Gasteiger partial charge in [0.2, 0.25) is 5.91 Å². The molecule has 30 atom stereocenters. The molecule has 25 N–H and O–H groups in total. The maximum atomic E-state index is 11.7. The predicted molar refractivity (Wildman–Crippen MR) is 221 cm³/mol. The molecule has 0 spiro atoms. The number of nitrogens with one attached hydrogen (secondary N) is 1. The number of nitrogens with two attached hydrogens (primary N) is 5. The first-order valence-corrected chi connectivity index (χ1v) is 22.5. The molecule has 12 unspecified atom stereocenters. The number of aliphatic hydroxyl groups excluding tert-OH is 14. The fourth-order valence-corrected chi connectivity index (χ4v) is 9.15. The van der Waals surface area contributed by atoms with E-state index in [4.69, 9.17) is 80.8 Å². The number of carbonyl (C=O) groups excluding carboxylic acids is 1. The van der Waals surface area contributed by atoms with Gasteiger partial charge in [-0.1, -0.05) is 0 Å². The highest BCUT2D eigenvalue weighted by Gasteiger charge is 2.56. The van der Waals surface area contributed by atoms with Gasteiger partial charge in [0, 0.05) is 6.92 Å². The Morgan fingerprint density at radius 2 is 0.629 bits per heavy atom. The van der Waals surface area contributed by atoms with Crippen molar-refractivity contribution < 1.29 is 128 Å². The SMILES string of the molecule is CC(=O)N[C@@H]1C(O)O[C@@H](CO)C(OC2O[C@@H](CO)C(OC3O[C@@H](CO)C(OC4O[C@H](CO)C(OC5O[C@H](CO)C(OC6O[C@H](CO)C(O)[C@@H](O)[C@H]6N)[C@@H](O)[C@H]5N)[C@@H](O)[C@H]4N)[C@H](O)[C@@H]3N)[C@H](O)[C@@H]2N)[C@@H]1O. The second kappa shape index (κ2) is 24.7. The second-order valence-electron chi connectivity index (χ2n) is 17.9. The van der Waals surface area contributed by atoms with Gasteiger partial charge in [-0.25, -0.2) is 0 Å². The van der Waals surface area contributed by atoms with Gasteiger partial charge in [0.25, 0.3) is 0 Å². The van der Waals surface area contributed by atoms with Gasteiger partial charge in [0.1, 0.15) is 116 Å². The molecule has 6 rings (SSSR count). The zero-order valence-electron chi connectivity index (χ0n) is 37.6. The molecule has 408 valence electrons. The average Bonchev–Trinajstić information content (AvgIpc) is 3.34. The minimum Gasteiger partial charge on any atom is -0.394 e. The van der Waals surface area contributed by atoms with Crippen molar-refractivity contribution in [3.05, 3.63) is 0 Å². The number of carbonyl (C=O) groups is 1. The van der Waals surface area contributed by atoms with Crippen molar-refractivity contribution in [1.29, 1.82) is 0 Å². The number of aliphatic hydroxyl groups is 14. The lowest BCUT2D eigenvalue weighted by Crippen LogP contribution is -2.71. The Kier molecular flexibility index (Phi) is 20.3. The highest BCUT2D eigenvalue weighted by atomic mass is 16.8. The van der Waals surface area contributed by atoms with Crippen LogP contribution in [-0.2, 0) is 56.9 Å². The minimum absolute atomic E-state index is 0.644. The van der Waals surface area contributed by atoms with Crippen LogP contribution in [0.25, 0.3) is 0 Å². The van der Waals surface area contributed by atoms with Gasteiger partial charge in [-0.15, -0.1) is 0 Å². The highest BCUT2D eigenvalue weighted by Crippen LogP contribution is 2.35. The molecule has 0 saturated carbocycles. The molecule has 6 aliphatic heterocycles. The highest BCUT2D eigenvalue weighted by molar-refractivity contribution is 5.73. The lowest BCUT2D eigenvalue weighted by atomic mass is 9.93. The summed E-state index contributed by atoms with van der Waals surface area (Å²) in [5, 5.41) is 150. The van der Waals surface area contributed by atoms with E-state index in [-0.39, 0.29) is 0 Å². The third-order valence-electron chi connectivity index (χ3n) is 13.2. The van der Waals surface area contributed by atoms with Crippen LogP contribution in [0.1, 0.15) is 6.92 Å². The van der Waals surface area contributed by atoms with E-state index in [1.54, 1.807) is 0 Å². The summed E-state index contributed by atoms with van der Waals surface area (Å²) < 4.78 is 63.4. The van der Waals surface area contributed by atoms with Crippen LogP contribution in [0.4, 0.5) is 0 Å². The van der Waals surface area contributed by atoms with Gasteiger partial charge in [0.15, 0.2) is 37.7 Å². The van der Waals surface area contributed by atoms with E-state index in [1.807, 2.05) is 0 Å². The van der Waals surface area contributed by atoms with Gasteiger partial charge < -0.3 is 158 Å². The van der Waals surface area contributed by atoms with E-state index in [0.29, 0.717) is 0 Å². The Balaban J connectivity index is 1.07. The molecule has 6 aliphatic rings. The molecule has 1 amide bonds. The van der Waals surface area contributed by atoms with Gasteiger partial charge in [-0.3, -0.25) is 4.79 Å². The third-order valence-corrected chi connectivity index (χ3v) is 13.2. The molecule has 0 aromatic carbocycles. The molecular weight excluding hydrogens is 956 g/mol. The van der Waals surface area contributed by atoms with E-state index >= 15 is 0 Å². The topological polar surface area (TPSA) is 544 Å². The molecule has 32 nitrogen and oxygen atoms in total. The maximum Gasteiger partial charge on any atom is 0.217 e. The monoisotopic (exact) mass is 1030 g/mol. The Morgan fingerprint density at radius 3 is 0.900 bits per heavy atom. The van der Waals surface area contributed by atoms with Gasteiger partial charge in [-0.05, 0) is 0 Å². The van der Waals surface area contributed by atoms with Crippen molar-refractivity contribution in [1.82, 2.24) is 5.32 Å². The zero-order valence-corrected chi connectivity index (χ0v) is 37.6. The summed E-state index contributed by atoms with van der Waals surface area (Å²) in [5.41, 5.74) is 31.2. The third kappa shape index (κ3) is 11.9. The molecule has 6 fully saturated rings. The van der Waals surface area contributed by atoms with Gasteiger partial charge >= 0.3 is 0 Å². The Bertz CT molecular complexity index is 1640. The lowest BCUT2D eigenvalue weighted by molar-refractivity contribution is -0.367. The van der Waals surface area contributed by atoms with Crippen LogP contribution < -0.4 is 34.0 Å². The Hall–Kier alpha value is -1.73. The van der Waals surface area contributed by atoms with E-state index < -0.39 is 229 Å². The number of rotatable bonds is 17. The summed E-state index contributed by atoms with van der Waals surface area (Å²) in [5.74, 6) is -0.644. The summed E-state index contributed by atoms with van der Waals surface area (Å²) in [6.07, 6.45) is -38.4. The lowest BCUT2D eigenvalue weighted by Gasteiger charge is -2.50. The van der Waals surface area contributed by atoms with E-state index in [9.17, 15) is 76.3 Å². The molecule has 32 heteroatoms.